The van der Waals surface area contributed by atoms with Crippen molar-refractivity contribution >= 4 is 22.1 Å². The lowest BCUT2D eigenvalue weighted by molar-refractivity contribution is -0.127. The molecule has 84 valence electrons. The zero-order valence-corrected chi connectivity index (χ0v) is 9.91. The van der Waals surface area contributed by atoms with E-state index in [0.29, 0.717) is 5.92 Å². The molecule has 3 heterocycles. The molecule has 0 unspecified atom stereocenters. The van der Waals surface area contributed by atoms with Crippen molar-refractivity contribution in [3.63, 3.8) is 0 Å². The fourth-order valence-electron chi connectivity index (χ4n) is 2.30. The third-order valence-corrected chi connectivity index (χ3v) is 4.10. The summed E-state index contributed by atoms with van der Waals surface area (Å²) >= 11 is 1.71. The van der Waals surface area contributed by atoms with Crippen LogP contribution >= 0.6 is 11.3 Å². The molecule has 16 heavy (non-hydrogen) atoms. The van der Waals surface area contributed by atoms with E-state index in [4.69, 9.17) is 0 Å². The molecule has 1 fully saturated rings. The van der Waals surface area contributed by atoms with Crippen molar-refractivity contribution in [2.75, 3.05) is 13.1 Å². The van der Waals surface area contributed by atoms with E-state index >= 15 is 0 Å². The Labute approximate surface area is 97.5 Å². The smallest absolute Gasteiger partial charge is 0.219 e. The summed E-state index contributed by atoms with van der Waals surface area (Å²) in [5.41, 5.74) is 1.15. The Balaban J connectivity index is 1.90. The Morgan fingerprint density at radius 3 is 3.25 bits per heavy atom. The first kappa shape index (κ1) is 9.84. The summed E-state index contributed by atoms with van der Waals surface area (Å²) in [6, 6.07) is 0. The maximum atomic E-state index is 11.3. The van der Waals surface area contributed by atoms with Crippen LogP contribution in [-0.2, 0) is 4.79 Å². The second-order valence-electron chi connectivity index (χ2n) is 4.20. The Kier molecular flexibility index (Phi) is 2.21. The molecular weight excluding hydrogens is 222 g/mol. The predicted octanol–water partition coefficient (Wildman–Crippen LogP) is 1.73. The molecule has 1 aliphatic heterocycles. The molecule has 0 radical (unpaired) electrons. The van der Waals surface area contributed by atoms with Crippen molar-refractivity contribution < 1.29 is 4.79 Å². The van der Waals surface area contributed by atoms with Crippen molar-refractivity contribution in [1.29, 1.82) is 0 Å². The molecule has 0 bridgehead atoms. The van der Waals surface area contributed by atoms with Crippen molar-refractivity contribution in [3.8, 4) is 0 Å². The molecule has 0 N–H and O–H groups in total. The van der Waals surface area contributed by atoms with Crippen LogP contribution in [0.1, 0.15) is 25.0 Å². The molecule has 0 spiro atoms. The minimum absolute atomic E-state index is 0.170. The molecule has 0 saturated carbocycles. The second-order valence-corrected chi connectivity index (χ2v) is 5.09. The first-order chi connectivity index (χ1) is 7.75. The number of hydrogen-bond donors (Lipinski definition) is 0. The summed E-state index contributed by atoms with van der Waals surface area (Å²) in [5, 5.41) is 2.07. The van der Waals surface area contributed by atoms with Crippen LogP contribution < -0.4 is 0 Å². The number of aromatic nitrogens is 2. The van der Waals surface area contributed by atoms with E-state index in [9.17, 15) is 4.79 Å². The monoisotopic (exact) mass is 235 g/mol. The highest BCUT2D eigenvalue weighted by Crippen LogP contribution is 2.30. The molecule has 2 aromatic rings. The Morgan fingerprint density at radius 2 is 2.50 bits per heavy atom. The third-order valence-electron chi connectivity index (χ3n) is 3.20. The van der Waals surface area contributed by atoms with Crippen LogP contribution in [0.25, 0.3) is 4.83 Å². The molecule has 1 amide bonds. The lowest BCUT2D eigenvalue weighted by atomic mass is 10.1. The Bertz CT molecular complexity index is 530. The molecule has 1 aliphatic rings. The van der Waals surface area contributed by atoms with Crippen molar-refractivity contribution in [3.05, 3.63) is 23.6 Å². The molecule has 2 aromatic heterocycles. The van der Waals surface area contributed by atoms with Gasteiger partial charge in [0.25, 0.3) is 0 Å². The van der Waals surface area contributed by atoms with Crippen LogP contribution in [0.15, 0.2) is 17.9 Å². The number of carbonyl (C=O) groups is 1. The van der Waals surface area contributed by atoms with Crippen molar-refractivity contribution in [1.82, 2.24) is 14.3 Å². The van der Waals surface area contributed by atoms with E-state index in [0.717, 1.165) is 25.2 Å². The van der Waals surface area contributed by atoms with Crippen LogP contribution in [0, 0.1) is 0 Å². The van der Waals surface area contributed by atoms with Gasteiger partial charge in [-0.15, -0.1) is 11.3 Å². The van der Waals surface area contributed by atoms with Crippen LogP contribution in [0.2, 0.25) is 0 Å². The van der Waals surface area contributed by atoms with Crippen LogP contribution in [-0.4, -0.2) is 33.3 Å². The minimum Gasteiger partial charge on any atom is -0.342 e. The maximum Gasteiger partial charge on any atom is 0.219 e. The zero-order valence-electron chi connectivity index (χ0n) is 9.09. The summed E-state index contributed by atoms with van der Waals surface area (Å²) in [4.78, 5) is 18.9. The molecule has 4 nitrogen and oxygen atoms in total. The van der Waals surface area contributed by atoms with Gasteiger partial charge >= 0.3 is 0 Å². The van der Waals surface area contributed by atoms with Gasteiger partial charge in [-0.2, -0.15) is 0 Å². The van der Waals surface area contributed by atoms with Gasteiger partial charge in [0.15, 0.2) is 0 Å². The first-order valence-corrected chi connectivity index (χ1v) is 6.29. The average molecular weight is 235 g/mol. The molecule has 1 atom stereocenters. The van der Waals surface area contributed by atoms with Gasteiger partial charge in [0.1, 0.15) is 11.2 Å². The Morgan fingerprint density at radius 1 is 1.62 bits per heavy atom. The number of amides is 1. The van der Waals surface area contributed by atoms with E-state index in [-0.39, 0.29) is 5.91 Å². The first-order valence-electron chi connectivity index (χ1n) is 5.41. The van der Waals surface area contributed by atoms with Crippen LogP contribution in [0.4, 0.5) is 0 Å². The number of nitrogens with zero attached hydrogens (tertiary/aromatic N) is 3. The van der Waals surface area contributed by atoms with Gasteiger partial charge in [0.2, 0.25) is 5.91 Å². The van der Waals surface area contributed by atoms with Crippen molar-refractivity contribution in [2.45, 2.75) is 19.3 Å². The van der Waals surface area contributed by atoms with Crippen molar-refractivity contribution in [2.24, 2.45) is 0 Å². The largest absolute Gasteiger partial charge is 0.342 e. The normalized spacial score (nSPS) is 20.8. The van der Waals surface area contributed by atoms with Gasteiger partial charge < -0.3 is 4.90 Å². The summed E-state index contributed by atoms with van der Waals surface area (Å²) in [5.74, 6) is 0.580. The molecule has 1 saturated heterocycles. The number of fused-ring (bicyclic) bond motifs is 1. The van der Waals surface area contributed by atoms with Gasteiger partial charge in [-0.05, 0) is 6.42 Å². The number of rotatable bonds is 1. The van der Waals surface area contributed by atoms with Crippen LogP contribution in [0.5, 0.6) is 0 Å². The summed E-state index contributed by atoms with van der Waals surface area (Å²) in [6.45, 7) is 3.32. The highest BCUT2D eigenvalue weighted by molar-refractivity contribution is 7.15. The average Bonchev–Trinajstić information content (AvgIpc) is 2.92. The van der Waals surface area contributed by atoms with Gasteiger partial charge in [0, 0.05) is 37.5 Å². The summed E-state index contributed by atoms with van der Waals surface area (Å²) in [6.07, 6.45) is 4.91. The van der Waals surface area contributed by atoms with Gasteiger partial charge in [-0.1, -0.05) is 0 Å². The second kappa shape index (κ2) is 3.59. The molecule has 5 heteroatoms. The fourth-order valence-corrected chi connectivity index (χ4v) is 3.19. The fraction of sp³-hybridized carbons (Fsp3) is 0.455. The SMILES string of the molecule is CC(=O)N1CC[C@@H](c2ncn3ccsc23)C1. The lowest BCUT2D eigenvalue weighted by Crippen LogP contribution is -2.25. The predicted molar refractivity (Wildman–Crippen MR) is 62.7 cm³/mol. The molecule has 0 aliphatic carbocycles. The zero-order chi connectivity index (χ0) is 11.1. The van der Waals surface area contributed by atoms with E-state index < -0.39 is 0 Å². The topological polar surface area (TPSA) is 37.6 Å². The van der Waals surface area contributed by atoms with Gasteiger partial charge in [-0.25, -0.2) is 4.98 Å². The molecule has 3 rings (SSSR count). The maximum absolute atomic E-state index is 11.3. The van der Waals surface area contributed by atoms with E-state index in [2.05, 4.69) is 14.8 Å². The van der Waals surface area contributed by atoms with E-state index in [1.807, 2.05) is 17.4 Å². The van der Waals surface area contributed by atoms with E-state index in [1.54, 1.807) is 18.3 Å². The number of hydrogen-bond acceptors (Lipinski definition) is 3. The number of likely N-dealkylation sites (tertiary alicyclic amines) is 1. The van der Waals surface area contributed by atoms with Crippen LogP contribution in [0.3, 0.4) is 0 Å². The summed E-state index contributed by atoms with van der Waals surface area (Å²) in [7, 11) is 0. The lowest BCUT2D eigenvalue weighted by Gasteiger charge is -2.12. The molecule has 0 aromatic carbocycles. The standard InChI is InChI=1S/C11H13N3OS/c1-8(15)13-3-2-9(6-13)10-11-14(7-12-10)4-5-16-11/h4-5,7,9H,2-3,6H2,1H3/t9-/m1/s1. The minimum atomic E-state index is 0.170. The number of imidazole rings is 1. The molecular formula is C11H13N3OS. The highest BCUT2D eigenvalue weighted by Gasteiger charge is 2.28. The van der Waals surface area contributed by atoms with E-state index in [1.165, 1.54) is 4.83 Å². The Hall–Kier alpha value is -1.36. The van der Waals surface area contributed by atoms with Gasteiger partial charge in [-0.3, -0.25) is 9.20 Å². The summed E-state index contributed by atoms with van der Waals surface area (Å²) < 4.78 is 2.05. The number of carbonyl (C=O) groups excluding carboxylic acids is 1. The number of thiazole rings is 1. The third kappa shape index (κ3) is 1.43. The highest BCUT2D eigenvalue weighted by atomic mass is 32.1. The quantitative estimate of drug-likeness (QED) is 0.755. The van der Waals surface area contributed by atoms with Gasteiger partial charge in [0.05, 0.1) is 5.69 Å².